The highest BCUT2D eigenvalue weighted by molar-refractivity contribution is 5.88. The average Bonchev–Trinajstić information content (AvgIpc) is 2.72. The molecule has 3 heteroatoms. The molecular formula is C26H47NO2. The molecule has 0 bridgehead atoms. The lowest BCUT2D eigenvalue weighted by atomic mass is 9.68. The van der Waals surface area contributed by atoms with E-state index in [1.165, 1.54) is 83.5 Å². The van der Waals surface area contributed by atoms with Crippen molar-refractivity contribution >= 4 is 5.97 Å². The monoisotopic (exact) mass is 405 g/mol. The van der Waals surface area contributed by atoms with Crippen LogP contribution in [0.5, 0.6) is 0 Å². The Balaban J connectivity index is 1.53. The average molecular weight is 406 g/mol. The van der Waals surface area contributed by atoms with Crippen molar-refractivity contribution in [1.29, 1.82) is 0 Å². The summed E-state index contributed by atoms with van der Waals surface area (Å²) < 4.78 is 5.39. The molecule has 2 aliphatic rings. The van der Waals surface area contributed by atoms with Crippen LogP contribution in [0.1, 0.15) is 96.8 Å². The van der Waals surface area contributed by atoms with Crippen molar-refractivity contribution in [2.24, 2.45) is 23.7 Å². The van der Waals surface area contributed by atoms with Crippen molar-refractivity contribution in [3.63, 3.8) is 0 Å². The van der Waals surface area contributed by atoms with Gasteiger partial charge in [0.25, 0.3) is 0 Å². The lowest BCUT2D eigenvalue weighted by molar-refractivity contribution is -0.139. The van der Waals surface area contributed by atoms with Crippen LogP contribution in [0.15, 0.2) is 12.2 Å². The highest BCUT2D eigenvalue weighted by atomic mass is 16.5. The maximum absolute atomic E-state index is 11.9. The smallest absolute Gasteiger partial charge is 0.334 e. The van der Waals surface area contributed by atoms with E-state index < -0.39 is 0 Å². The van der Waals surface area contributed by atoms with E-state index in [0.29, 0.717) is 18.7 Å². The van der Waals surface area contributed by atoms with Gasteiger partial charge in [-0.1, -0.05) is 64.9 Å². The molecule has 0 amide bonds. The molecule has 0 spiro atoms. The van der Waals surface area contributed by atoms with E-state index in [-0.39, 0.29) is 5.97 Å². The molecule has 0 saturated heterocycles. The second kappa shape index (κ2) is 13.5. The normalized spacial score (nSPS) is 27.7. The molecule has 0 atom stereocenters. The Morgan fingerprint density at radius 2 is 1.38 bits per heavy atom. The minimum absolute atomic E-state index is 0.229. The zero-order valence-electron chi connectivity index (χ0n) is 19.6. The Kier molecular flexibility index (Phi) is 11.4. The van der Waals surface area contributed by atoms with Crippen LogP contribution in [0.4, 0.5) is 0 Å². The fourth-order valence-corrected chi connectivity index (χ4v) is 5.66. The van der Waals surface area contributed by atoms with Gasteiger partial charge in [0.05, 0.1) is 6.61 Å². The summed E-state index contributed by atoms with van der Waals surface area (Å²) in [6, 6.07) is 0. The van der Waals surface area contributed by atoms with Crippen molar-refractivity contribution < 1.29 is 9.53 Å². The number of unbranched alkanes of at least 4 members (excludes halogenated alkanes) is 2. The third-order valence-corrected chi connectivity index (χ3v) is 7.45. The molecule has 0 heterocycles. The van der Waals surface area contributed by atoms with E-state index in [4.69, 9.17) is 4.74 Å². The molecule has 2 saturated carbocycles. The molecule has 0 aliphatic heterocycles. The van der Waals surface area contributed by atoms with Gasteiger partial charge >= 0.3 is 5.97 Å². The molecular weight excluding hydrogens is 358 g/mol. The van der Waals surface area contributed by atoms with Crippen LogP contribution in [-0.2, 0) is 9.53 Å². The van der Waals surface area contributed by atoms with Gasteiger partial charge in [-0.05, 0) is 76.3 Å². The first kappa shape index (κ1) is 24.4. The third kappa shape index (κ3) is 9.24. The second-order valence-electron chi connectivity index (χ2n) is 10.2. The molecule has 2 aliphatic carbocycles. The maximum atomic E-state index is 11.9. The van der Waals surface area contributed by atoms with E-state index in [1.807, 2.05) is 19.0 Å². The Labute approximate surface area is 180 Å². The summed E-state index contributed by atoms with van der Waals surface area (Å²) >= 11 is 0. The van der Waals surface area contributed by atoms with Crippen LogP contribution in [0, 0.1) is 23.7 Å². The van der Waals surface area contributed by atoms with E-state index in [9.17, 15) is 4.79 Å². The minimum atomic E-state index is -0.229. The van der Waals surface area contributed by atoms with Gasteiger partial charge in [-0.15, -0.1) is 0 Å². The zero-order valence-corrected chi connectivity index (χ0v) is 19.6. The topological polar surface area (TPSA) is 29.5 Å². The summed E-state index contributed by atoms with van der Waals surface area (Å²) in [7, 11) is 3.88. The van der Waals surface area contributed by atoms with Gasteiger partial charge in [-0.3, -0.25) is 0 Å². The number of carbonyl (C=O) groups excluding carboxylic acids is 1. The molecule has 0 aromatic heterocycles. The van der Waals surface area contributed by atoms with Crippen LogP contribution in [0.3, 0.4) is 0 Å². The van der Waals surface area contributed by atoms with Crippen molar-refractivity contribution in [1.82, 2.24) is 4.90 Å². The van der Waals surface area contributed by atoms with Crippen LogP contribution >= 0.6 is 0 Å². The minimum Gasteiger partial charge on any atom is -0.462 e. The van der Waals surface area contributed by atoms with Crippen molar-refractivity contribution in [2.75, 3.05) is 27.2 Å². The zero-order chi connectivity index (χ0) is 21.1. The lowest BCUT2D eigenvalue weighted by Gasteiger charge is -2.38. The first-order chi connectivity index (χ1) is 14.0. The lowest BCUT2D eigenvalue weighted by Crippen LogP contribution is -2.26. The fraction of sp³-hybridized carbons (Fsp3) is 0.885. The Bertz CT molecular complexity index is 471. The molecule has 0 unspecified atom stereocenters. The summed E-state index contributed by atoms with van der Waals surface area (Å²) in [4.78, 5) is 13.8. The summed E-state index contributed by atoms with van der Waals surface area (Å²) in [5.74, 6) is 3.66. The molecule has 0 N–H and O–H groups in total. The van der Waals surface area contributed by atoms with Gasteiger partial charge in [0, 0.05) is 12.1 Å². The number of carbonyl (C=O) groups is 1. The number of esters is 1. The van der Waals surface area contributed by atoms with Crippen molar-refractivity contribution in [3.8, 4) is 0 Å². The van der Waals surface area contributed by atoms with Gasteiger partial charge in [-0.2, -0.15) is 0 Å². The number of hydrogen-bond acceptors (Lipinski definition) is 3. The highest BCUT2D eigenvalue weighted by Gasteiger charge is 2.30. The largest absolute Gasteiger partial charge is 0.462 e. The fourth-order valence-electron chi connectivity index (χ4n) is 5.66. The van der Waals surface area contributed by atoms with Gasteiger partial charge < -0.3 is 9.64 Å². The third-order valence-electron chi connectivity index (χ3n) is 7.45. The quantitative estimate of drug-likeness (QED) is 0.207. The van der Waals surface area contributed by atoms with Gasteiger partial charge in [0.15, 0.2) is 0 Å². The summed E-state index contributed by atoms with van der Waals surface area (Å²) in [6.45, 7) is 7.25. The van der Waals surface area contributed by atoms with E-state index in [1.54, 1.807) is 0 Å². The Morgan fingerprint density at radius 1 is 0.862 bits per heavy atom. The molecule has 0 aromatic rings. The SMILES string of the molecule is C=C(CN(C)C)C(=O)OCCCC1CCC(C2CCC(CCCCC)CC2)CC1. The Hall–Kier alpha value is -0.830. The van der Waals surface area contributed by atoms with Crippen LogP contribution < -0.4 is 0 Å². The summed E-state index contributed by atoms with van der Waals surface area (Å²) in [5, 5.41) is 0. The predicted molar refractivity (Wildman–Crippen MR) is 123 cm³/mol. The van der Waals surface area contributed by atoms with Gasteiger partial charge in [-0.25, -0.2) is 4.79 Å². The van der Waals surface area contributed by atoms with Gasteiger partial charge in [0.2, 0.25) is 0 Å². The molecule has 2 rings (SSSR count). The van der Waals surface area contributed by atoms with E-state index >= 15 is 0 Å². The summed E-state index contributed by atoms with van der Waals surface area (Å²) in [6.07, 6.45) is 19.6. The number of likely N-dealkylation sites (N-methyl/N-ethyl adjacent to an activating group) is 1. The van der Waals surface area contributed by atoms with E-state index in [0.717, 1.165) is 30.1 Å². The van der Waals surface area contributed by atoms with Crippen LogP contribution in [-0.4, -0.2) is 38.1 Å². The molecule has 2 fully saturated rings. The van der Waals surface area contributed by atoms with Crippen molar-refractivity contribution in [2.45, 2.75) is 96.8 Å². The first-order valence-corrected chi connectivity index (χ1v) is 12.5. The predicted octanol–water partition coefficient (Wildman–Crippen LogP) is 6.62. The van der Waals surface area contributed by atoms with Gasteiger partial charge in [0.1, 0.15) is 0 Å². The molecule has 0 aromatic carbocycles. The van der Waals surface area contributed by atoms with Crippen LogP contribution in [0.25, 0.3) is 0 Å². The maximum Gasteiger partial charge on any atom is 0.334 e. The number of rotatable bonds is 12. The Morgan fingerprint density at radius 3 is 1.86 bits per heavy atom. The molecule has 0 radical (unpaired) electrons. The van der Waals surface area contributed by atoms with Crippen LogP contribution in [0.2, 0.25) is 0 Å². The highest BCUT2D eigenvalue weighted by Crippen LogP contribution is 2.43. The molecule has 29 heavy (non-hydrogen) atoms. The number of hydrogen-bond donors (Lipinski definition) is 0. The second-order valence-corrected chi connectivity index (χ2v) is 10.2. The number of nitrogens with zero attached hydrogens (tertiary/aromatic N) is 1. The molecule has 3 nitrogen and oxygen atoms in total. The summed E-state index contributed by atoms with van der Waals surface area (Å²) in [5.41, 5.74) is 0.551. The molecule has 168 valence electrons. The van der Waals surface area contributed by atoms with Crippen molar-refractivity contribution in [3.05, 3.63) is 12.2 Å². The standard InChI is InChI=1S/C26H47NO2/c1-5-6-7-9-22-11-15-24(16-12-22)25-17-13-23(14-18-25)10-8-19-29-26(28)21(2)20-27(3)4/h22-25H,2,5-20H2,1,3-4H3. The first-order valence-electron chi connectivity index (χ1n) is 12.5. The number of ether oxygens (including phenoxy) is 1. The van der Waals surface area contributed by atoms with E-state index in [2.05, 4.69) is 13.5 Å².